The summed E-state index contributed by atoms with van der Waals surface area (Å²) in [7, 11) is -3.47. The molecule has 5 amide bonds. The Balaban J connectivity index is 1.23. The molecule has 2 aliphatic carbocycles. The topological polar surface area (TPSA) is 211 Å². The highest BCUT2D eigenvalue weighted by atomic mass is 32.2. The van der Waals surface area contributed by atoms with E-state index < -0.39 is 57.6 Å². The number of ether oxygens (including phenoxy) is 1. The van der Waals surface area contributed by atoms with E-state index in [4.69, 9.17) is 10.5 Å². The van der Waals surface area contributed by atoms with Crippen LogP contribution in [0.2, 0.25) is 0 Å². The molecule has 15 heteroatoms. The highest BCUT2D eigenvalue weighted by Gasteiger charge is 2.53. The van der Waals surface area contributed by atoms with Crippen molar-refractivity contribution in [1.29, 1.82) is 0 Å². The van der Waals surface area contributed by atoms with Crippen molar-refractivity contribution in [3.05, 3.63) is 65.7 Å². The molecule has 3 fully saturated rings. The van der Waals surface area contributed by atoms with Gasteiger partial charge in [-0.3, -0.25) is 24.0 Å². The first kappa shape index (κ1) is 40.4. The van der Waals surface area contributed by atoms with E-state index in [-0.39, 0.29) is 53.8 Å². The predicted molar refractivity (Wildman–Crippen MR) is 198 cm³/mol. The van der Waals surface area contributed by atoms with Crippen LogP contribution in [0.1, 0.15) is 93.0 Å². The summed E-state index contributed by atoms with van der Waals surface area (Å²) in [6.45, 7) is 0.356. The molecule has 1 saturated heterocycles. The van der Waals surface area contributed by atoms with Gasteiger partial charge in [-0.1, -0.05) is 62.4 Å². The van der Waals surface area contributed by atoms with Gasteiger partial charge in [-0.2, -0.15) is 0 Å². The Labute approximate surface area is 316 Å². The van der Waals surface area contributed by atoms with Crippen molar-refractivity contribution in [3.8, 4) is 0 Å². The van der Waals surface area contributed by atoms with Gasteiger partial charge in [0, 0.05) is 24.4 Å². The molecular formula is C39H51N5O9S. The average Bonchev–Trinajstić information content (AvgIpc) is 3.79. The SMILES string of the molecule is CS(=O)(=O)c1ccc(C(=O)N[C@H](CC2CCCCC2)C(=O)N2C3CCC(C3)[C@H]2C(=O)NC(CCCCNC(=O)OCc2ccccc2)C(=O)C(N)=O)cc1. The van der Waals surface area contributed by atoms with Crippen LogP contribution in [-0.2, 0) is 40.4 Å². The number of fused-ring (bicyclic) bond motifs is 2. The molecule has 5 rings (SSSR count). The summed E-state index contributed by atoms with van der Waals surface area (Å²) < 4.78 is 29.1. The molecule has 0 spiro atoms. The first-order valence-corrected chi connectivity index (χ1v) is 20.7. The number of nitrogens with zero attached hydrogens (tertiary/aromatic N) is 1. The van der Waals surface area contributed by atoms with Gasteiger partial charge in [0.1, 0.15) is 18.7 Å². The molecular weight excluding hydrogens is 715 g/mol. The Bertz CT molecular complexity index is 1780. The normalized spacial score (nSPS) is 20.8. The zero-order valence-corrected chi connectivity index (χ0v) is 31.5. The molecule has 1 heterocycles. The minimum absolute atomic E-state index is 0.0693. The van der Waals surface area contributed by atoms with Crippen LogP contribution in [0.4, 0.5) is 4.79 Å². The number of alkyl carbamates (subject to hydrolysis) is 1. The van der Waals surface area contributed by atoms with Crippen LogP contribution in [0, 0.1) is 11.8 Å². The third-order valence-corrected chi connectivity index (χ3v) is 12.0. The second-order valence-electron chi connectivity index (χ2n) is 14.8. The molecule has 2 aromatic carbocycles. The molecule has 14 nitrogen and oxygen atoms in total. The smallest absolute Gasteiger partial charge is 0.407 e. The fourth-order valence-electron chi connectivity index (χ4n) is 8.03. The lowest BCUT2D eigenvalue weighted by atomic mass is 9.84. The summed E-state index contributed by atoms with van der Waals surface area (Å²) in [5, 5.41) is 8.28. The standard InChI is InChI=1S/C39H51N5O9S/c1-54(51,52)30-19-16-27(17-20-30)36(47)43-32(22-25-10-4-2-5-11-25)38(49)44-29-18-15-28(23-29)33(44)37(48)42-31(34(45)35(40)46)14-8-9-21-41-39(50)53-24-26-12-6-3-7-13-26/h3,6-7,12-13,16-17,19-20,25,28-29,31-33H,2,4-5,8-11,14-15,18,21-24H2,1H3,(H2,40,46)(H,41,50)(H,42,48)(H,43,47)/t28?,29?,31?,32-,33+/m1/s1. The number of hydrogen-bond acceptors (Lipinski definition) is 9. The van der Waals surface area contributed by atoms with Crippen LogP contribution in [0.15, 0.2) is 59.5 Å². The molecule has 5 atom stereocenters. The monoisotopic (exact) mass is 765 g/mol. The van der Waals surface area contributed by atoms with Crippen molar-refractivity contribution in [2.24, 2.45) is 17.6 Å². The summed E-state index contributed by atoms with van der Waals surface area (Å²) >= 11 is 0. The number of unbranched alkanes of at least 4 members (excludes halogenated alkanes) is 1. The van der Waals surface area contributed by atoms with Crippen molar-refractivity contribution in [1.82, 2.24) is 20.9 Å². The number of primary amides is 1. The molecule has 54 heavy (non-hydrogen) atoms. The van der Waals surface area contributed by atoms with Gasteiger partial charge < -0.3 is 31.3 Å². The van der Waals surface area contributed by atoms with Gasteiger partial charge in [0.15, 0.2) is 9.84 Å². The van der Waals surface area contributed by atoms with E-state index in [1.807, 2.05) is 30.3 Å². The lowest BCUT2D eigenvalue weighted by molar-refractivity contribution is -0.146. The molecule has 1 aliphatic heterocycles. The van der Waals surface area contributed by atoms with Crippen LogP contribution < -0.4 is 21.7 Å². The van der Waals surface area contributed by atoms with E-state index in [1.54, 1.807) is 4.90 Å². The molecule has 292 valence electrons. The van der Waals surface area contributed by atoms with Crippen molar-refractivity contribution < 1.29 is 41.9 Å². The molecule has 2 aromatic rings. The third kappa shape index (κ3) is 10.7. The Morgan fingerprint density at radius 1 is 0.870 bits per heavy atom. The fourth-order valence-corrected chi connectivity index (χ4v) is 8.66. The van der Waals surface area contributed by atoms with Crippen LogP contribution in [0.3, 0.4) is 0 Å². The number of amides is 5. The first-order valence-electron chi connectivity index (χ1n) is 18.8. The number of benzene rings is 2. The quantitative estimate of drug-likeness (QED) is 0.137. The lowest BCUT2D eigenvalue weighted by Crippen LogP contribution is -2.60. The number of nitrogens with two attached hydrogens (primary N) is 1. The van der Waals surface area contributed by atoms with Crippen LogP contribution in [-0.4, -0.2) is 85.8 Å². The molecule has 0 aromatic heterocycles. The number of ketones is 1. The van der Waals surface area contributed by atoms with Crippen molar-refractivity contribution in [2.45, 2.75) is 113 Å². The van der Waals surface area contributed by atoms with Crippen molar-refractivity contribution >= 4 is 45.3 Å². The minimum Gasteiger partial charge on any atom is -0.445 e. The van der Waals surface area contributed by atoms with Gasteiger partial charge >= 0.3 is 6.09 Å². The summed E-state index contributed by atoms with van der Waals surface area (Å²) in [6, 6.07) is 11.5. The summed E-state index contributed by atoms with van der Waals surface area (Å²) in [6.07, 6.45) is 8.74. The maximum Gasteiger partial charge on any atom is 0.407 e. The highest BCUT2D eigenvalue weighted by molar-refractivity contribution is 7.90. The van der Waals surface area contributed by atoms with E-state index in [9.17, 15) is 37.2 Å². The van der Waals surface area contributed by atoms with E-state index >= 15 is 0 Å². The number of nitrogens with one attached hydrogen (secondary N) is 3. The van der Waals surface area contributed by atoms with Gasteiger partial charge in [0.2, 0.25) is 17.6 Å². The maximum absolute atomic E-state index is 14.5. The van der Waals surface area contributed by atoms with E-state index in [2.05, 4.69) is 16.0 Å². The predicted octanol–water partition coefficient (Wildman–Crippen LogP) is 3.17. The zero-order chi connectivity index (χ0) is 38.8. The van der Waals surface area contributed by atoms with E-state index in [0.717, 1.165) is 43.9 Å². The number of piperidine rings is 1. The second kappa shape index (κ2) is 18.5. The molecule has 0 radical (unpaired) electrons. The number of Topliss-reactive ketones (excluding diaryl/α,β-unsaturated/α-hetero) is 1. The lowest BCUT2D eigenvalue weighted by Gasteiger charge is -2.38. The van der Waals surface area contributed by atoms with Gasteiger partial charge in [-0.15, -0.1) is 0 Å². The summed E-state index contributed by atoms with van der Waals surface area (Å²) in [4.78, 5) is 80.6. The third-order valence-electron chi connectivity index (χ3n) is 10.8. The van der Waals surface area contributed by atoms with Crippen molar-refractivity contribution in [3.63, 3.8) is 0 Å². The molecule has 3 unspecified atom stereocenters. The fraction of sp³-hybridized carbons (Fsp3) is 0.538. The maximum atomic E-state index is 14.5. The van der Waals surface area contributed by atoms with Crippen LogP contribution in [0.5, 0.6) is 0 Å². The molecule has 3 aliphatic rings. The summed E-state index contributed by atoms with van der Waals surface area (Å²) in [5.41, 5.74) is 6.40. The number of rotatable bonds is 17. The Morgan fingerprint density at radius 2 is 1.57 bits per heavy atom. The van der Waals surface area contributed by atoms with Gasteiger partial charge in [-0.25, -0.2) is 13.2 Å². The zero-order valence-electron chi connectivity index (χ0n) is 30.7. The number of carbonyl (C=O) groups is 6. The van der Waals surface area contributed by atoms with Crippen LogP contribution >= 0.6 is 0 Å². The Kier molecular flexibility index (Phi) is 13.8. The van der Waals surface area contributed by atoms with Gasteiger partial charge in [0.25, 0.3) is 11.8 Å². The number of sulfone groups is 1. The first-order chi connectivity index (χ1) is 25.8. The van der Waals surface area contributed by atoms with E-state index in [1.165, 1.54) is 24.3 Å². The van der Waals surface area contributed by atoms with Crippen LogP contribution in [0.25, 0.3) is 0 Å². The number of hydrogen-bond donors (Lipinski definition) is 4. The number of likely N-dealkylation sites (tertiary alicyclic amines) is 1. The molecule has 2 bridgehead atoms. The van der Waals surface area contributed by atoms with Gasteiger partial charge in [0.05, 0.1) is 10.9 Å². The largest absolute Gasteiger partial charge is 0.445 e. The highest BCUT2D eigenvalue weighted by Crippen LogP contribution is 2.43. The minimum atomic E-state index is -3.47. The van der Waals surface area contributed by atoms with Crippen molar-refractivity contribution in [2.75, 3.05) is 12.8 Å². The number of carbonyl (C=O) groups excluding carboxylic acids is 6. The molecule has 5 N–H and O–H groups in total. The van der Waals surface area contributed by atoms with E-state index in [0.29, 0.717) is 38.5 Å². The van der Waals surface area contributed by atoms with Gasteiger partial charge in [-0.05, 0) is 86.6 Å². The second-order valence-corrected chi connectivity index (χ2v) is 16.8. The molecule has 2 saturated carbocycles. The summed E-state index contributed by atoms with van der Waals surface area (Å²) in [5.74, 6) is -3.57. The average molecular weight is 766 g/mol. The Hall–Kier alpha value is -4.79. The Morgan fingerprint density at radius 3 is 2.24 bits per heavy atom.